The van der Waals surface area contributed by atoms with Gasteiger partial charge in [0.1, 0.15) is 25.0 Å². The fourth-order valence-electron chi connectivity index (χ4n) is 17.6. The van der Waals surface area contributed by atoms with Gasteiger partial charge in [-0.25, -0.2) is 0 Å². The van der Waals surface area contributed by atoms with E-state index in [0.717, 1.165) is 212 Å². The standard InChI is InChI=1S/C23H28N2O3S.C21H17BrN2O2S.C19H22N2O3S2.C18H22N2O2S.C17H17NO2S.C12H11NOS/c1-15-6-8-16(9-7-15)22(28)21-18-4-2-3-5-19(18)29-23(21)24-20(27)14-25-12-10-17(26)11-13-25;22-15-9-7-13(8-10-15)19(25)18-16-5-1-2-6-17(16)27-21(18)24-20(26)14-4-3-11-23-12-14;22-16(12-21-7-9-24-10-8-21)20-19-17(18(23)15-6-3-11-25-15)13-4-1-2-5-14(13)26-19;1-4-20(5-2)12-16(21)19-18-15(10-11-23-18)17(22)14-8-6-13(3)7-9-14;1-11-6-2-3-7-12(11)16(20)18-17-14(10-19)13-8-4-5-9-15(13)21-17;1-8-7-10(12(13)15-8)11(14)9-5-3-2-4-6-9/h6-9,17,26H,2-5,10-14H2,1H3,(H,24,27);3-4,7-12H,1-2,5-6H2,(H,24,26);3,6,11H,1-2,4-5,7-10,12H2,(H,20,22);6-11H,4-5,12H2,1-3H3,(H,19,21);2-3,6-7,10H,4-5,8-9H2,1H3,(H,18,20);2-7H,13H2,1H3. The Morgan fingerprint density at radius 1 is 0.454 bits per heavy atom. The molecule has 734 valence electrons. The highest BCUT2D eigenvalue weighted by molar-refractivity contribution is 9.10. The second-order valence-corrected chi connectivity index (χ2v) is 43.8. The van der Waals surface area contributed by atoms with E-state index in [1.807, 2.05) is 185 Å². The number of likely N-dealkylation sites (N-methyl/N-ethyl adjacent to an activating group) is 1. The van der Waals surface area contributed by atoms with Crippen molar-refractivity contribution in [2.75, 3.05) is 104 Å². The number of piperidine rings is 1. The van der Waals surface area contributed by atoms with Crippen molar-refractivity contribution in [2.24, 2.45) is 0 Å². The Labute approximate surface area is 859 Å². The van der Waals surface area contributed by atoms with Crippen LogP contribution in [0.1, 0.15) is 251 Å². The summed E-state index contributed by atoms with van der Waals surface area (Å²) in [6.45, 7) is 18.9. The van der Waals surface area contributed by atoms with E-state index in [9.17, 15) is 57.8 Å². The van der Waals surface area contributed by atoms with Crippen LogP contribution in [0.2, 0.25) is 0 Å². The molecule has 6 aliphatic rings. The maximum atomic E-state index is 13.3. The van der Waals surface area contributed by atoms with Crippen molar-refractivity contribution in [1.29, 1.82) is 0 Å². The number of nitrogens with zero attached hydrogens (tertiary/aromatic N) is 4. The Kier molecular flexibility index (Phi) is 38.5. The van der Waals surface area contributed by atoms with Gasteiger partial charge in [-0.15, -0.1) is 79.4 Å². The molecule has 8 aromatic heterocycles. The van der Waals surface area contributed by atoms with E-state index in [1.165, 1.54) is 71.1 Å². The smallest absolute Gasteiger partial charge is 0.257 e. The SMILES string of the molecule is CCN(CC)CC(=O)Nc1sccc1C(=O)c1ccc(C)cc1.Cc1cc(C(=O)c2ccccc2)c(N)s1.Cc1ccc(C(=O)c2c(NC(=O)CN3CCC(O)CC3)sc3c2CCCC3)cc1.Cc1ccccc1C(=O)Nc1sc2c(c1C=O)CCCC2.O=C(CN1CCOCC1)Nc1sc2c(c1C(=O)c1cccs1)CCCC2.O=C(Nc1sc2c(c1C(=O)c1ccc(Br)cc1)CCCC2)c1cccnc1. The first-order chi connectivity index (χ1) is 68.3. The number of hydrogen-bond acceptors (Lipinski definition) is 25. The van der Waals surface area contributed by atoms with Crippen molar-refractivity contribution >= 4 is 190 Å². The van der Waals surface area contributed by atoms with Crippen LogP contribution >= 0.6 is 95.3 Å². The molecular weight excluding hydrogens is 1970 g/mol. The number of rotatable bonds is 26. The summed E-state index contributed by atoms with van der Waals surface area (Å²) in [5, 5.41) is 32.2. The lowest BCUT2D eigenvalue weighted by molar-refractivity contribution is -0.118. The van der Waals surface area contributed by atoms with Crippen LogP contribution in [0.3, 0.4) is 0 Å². The van der Waals surface area contributed by atoms with E-state index in [-0.39, 0.29) is 64.6 Å². The molecule has 13 aromatic rings. The van der Waals surface area contributed by atoms with Crippen LogP contribution in [-0.4, -0.2) is 168 Å². The Bertz CT molecular complexity index is 6560. The minimum Gasteiger partial charge on any atom is -0.393 e. The molecule has 4 aliphatic carbocycles. The summed E-state index contributed by atoms with van der Waals surface area (Å²) >= 11 is 13.9. The van der Waals surface area contributed by atoms with Gasteiger partial charge in [-0.2, -0.15) is 0 Å². The summed E-state index contributed by atoms with van der Waals surface area (Å²) in [4.78, 5) is 155. The van der Waals surface area contributed by atoms with Crippen molar-refractivity contribution in [3.8, 4) is 0 Å². The lowest BCUT2D eigenvalue weighted by atomic mass is 9.91. The maximum absolute atomic E-state index is 13.3. The quantitative estimate of drug-likeness (QED) is 0.0196. The average Bonchev–Trinajstić information content (AvgIpc) is 1.63. The number of aliphatic hydroxyl groups is 1. The number of aryl methyl sites for hydroxylation is 8. The molecule has 0 saturated carbocycles. The fraction of sp³-hybridized carbons (Fsp3) is 0.327. The number of nitrogen functional groups attached to an aromatic ring is 1. The number of fused-ring (bicyclic) bond motifs is 4. The average molecular weight is 2090 g/mol. The molecule has 0 radical (unpaired) electrons. The number of benzene rings is 5. The number of halogens is 1. The van der Waals surface area contributed by atoms with Gasteiger partial charge >= 0.3 is 0 Å². The number of ketones is 5. The van der Waals surface area contributed by atoms with Gasteiger partial charge in [0.15, 0.2) is 29.4 Å². The molecule has 31 heteroatoms. The third-order valence-corrected chi connectivity index (χ3v) is 33.2. The zero-order valence-corrected chi connectivity index (χ0v) is 87.3. The number of carbonyl (C=O) groups is 11. The van der Waals surface area contributed by atoms with Crippen molar-refractivity contribution < 1.29 is 62.6 Å². The Balaban J connectivity index is 0.000000136. The van der Waals surface area contributed by atoms with Crippen LogP contribution in [0, 0.1) is 27.7 Å². The number of anilines is 6. The van der Waals surface area contributed by atoms with E-state index in [2.05, 4.69) is 57.3 Å². The Morgan fingerprint density at radius 3 is 1.43 bits per heavy atom. The first-order valence-corrected chi connectivity index (χ1v) is 54.5. The number of carbonyl (C=O) groups excluding carboxylic acids is 11. The van der Waals surface area contributed by atoms with Crippen molar-refractivity contribution in [1.82, 2.24) is 19.7 Å². The predicted molar refractivity (Wildman–Crippen MR) is 575 cm³/mol. The summed E-state index contributed by atoms with van der Waals surface area (Å²) in [6, 6.07) is 49.9. The number of likely N-dealkylation sites (tertiary alicyclic amines) is 1. The van der Waals surface area contributed by atoms with Gasteiger partial charge in [-0.05, 0) is 256 Å². The number of nitrogens with one attached hydrogen (secondary N) is 5. The highest BCUT2D eigenvalue weighted by atomic mass is 79.9. The highest BCUT2D eigenvalue weighted by Crippen LogP contribution is 2.45. The van der Waals surface area contributed by atoms with Gasteiger partial charge in [0, 0.05) is 95.2 Å². The van der Waals surface area contributed by atoms with Gasteiger partial charge in [0.25, 0.3) is 11.8 Å². The van der Waals surface area contributed by atoms with Crippen molar-refractivity contribution in [2.45, 2.75) is 163 Å². The Morgan fingerprint density at radius 2 is 0.915 bits per heavy atom. The number of aldehydes is 1. The molecule has 10 heterocycles. The fourth-order valence-corrected chi connectivity index (χ4v) is 25.2. The van der Waals surface area contributed by atoms with Crippen LogP contribution < -0.4 is 32.3 Å². The summed E-state index contributed by atoms with van der Waals surface area (Å²) in [5.41, 5.74) is 21.1. The molecule has 0 bridgehead atoms. The molecule has 8 N–H and O–H groups in total. The number of nitrogens with two attached hydrogens (primary N) is 1. The van der Waals surface area contributed by atoms with Crippen LogP contribution in [-0.2, 0) is 70.5 Å². The van der Waals surface area contributed by atoms with Gasteiger partial charge in [-0.3, -0.25) is 72.4 Å². The van der Waals surface area contributed by atoms with Gasteiger partial charge < -0.3 is 42.2 Å². The lowest BCUT2D eigenvalue weighted by Gasteiger charge is -2.28. The lowest BCUT2D eigenvalue weighted by Crippen LogP contribution is -2.41. The minimum absolute atomic E-state index is 0.000736. The monoisotopic (exact) mass is 2090 g/mol. The van der Waals surface area contributed by atoms with Crippen LogP contribution in [0.4, 0.5) is 30.0 Å². The molecule has 2 saturated heterocycles. The summed E-state index contributed by atoms with van der Waals surface area (Å²) in [6.07, 6.45) is 21.8. The Hall–Kier alpha value is -11.4. The van der Waals surface area contributed by atoms with Gasteiger partial charge in [0.05, 0.1) is 87.8 Å². The van der Waals surface area contributed by atoms with Gasteiger partial charge in [-0.1, -0.05) is 144 Å². The first-order valence-electron chi connectivity index (χ1n) is 47.9. The summed E-state index contributed by atoms with van der Waals surface area (Å²) in [5.74, 6) is -0.675. The van der Waals surface area contributed by atoms with Crippen LogP contribution in [0.5, 0.6) is 0 Å². The third-order valence-electron chi connectivity index (χ3n) is 25.3. The molecule has 0 spiro atoms. The maximum Gasteiger partial charge on any atom is 0.257 e. The van der Waals surface area contributed by atoms with E-state index >= 15 is 0 Å². The summed E-state index contributed by atoms with van der Waals surface area (Å²) < 4.78 is 6.26. The molecule has 0 unspecified atom stereocenters. The number of ether oxygens (including phenoxy) is 1. The second kappa shape index (κ2) is 51.5. The molecule has 141 heavy (non-hydrogen) atoms. The summed E-state index contributed by atoms with van der Waals surface area (Å²) in [7, 11) is 0. The number of aliphatic hydroxyl groups excluding tert-OH is 1. The molecule has 19 rings (SSSR count). The van der Waals surface area contributed by atoms with Gasteiger partial charge in [0.2, 0.25) is 23.5 Å². The number of amides is 5. The van der Waals surface area contributed by atoms with E-state index in [4.69, 9.17) is 10.5 Å². The molecular formula is C110H117BrN10O13S7. The van der Waals surface area contributed by atoms with Crippen LogP contribution in [0.25, 0.3) is 0 Å². The molecule has 5 aromatic carbocycles. The van der Waals surface area contributed by atoms with E-state index < -0.39 is 0 Å². The molecule has 2 fully saturated rings. The zero-order valence-electron chi connectivity index (χ0n) is 80.0. The molecule has 0 atom stereocenters. The third kappa shape index (κ3) is 28.1. The number of morpholine rings is 1. The van der Waals surface area contributed by atoms with Crippen LogP contribution in [0.15, 0.2) is 191 Å². The number of hydrogen-bond donors (Lipinski definition) is 7. The minimum atomic E-state index is -0.253. The van der Waals surface area contributed by atoms with Crippen molar-refractivity contribution in [3.63, 3.8) is 0 Å². The van der Waals surface area contributed by atoms with E-state index in [0.29, 0.717) is 132 Å². The number of pyridine rings is 1. The largest absolute Gasteiger partial charge is 0.393 e. The molecule has 5 amide bonds. The first kappa shape index (κ1) is 105. The molecule has 2 aliphatic heterocycles. The van der Waals surface area contributed by atoms with E-state index in [1.54, 1.807) is 76.6 Å². The van der Waals surface area contributed by atoms with Crippen molar-refractivity contribution in [3.05, 3.63) is 326 Å². The second-order valence-electron chi connectivity index (χ2n) is 35.3. The predicted octanol–water partition coefficient (Wildman–Crippen LogP) is 22.5. The normalized spacial score (nSPS) is 14.3. The zero-order chi connectivity index (χ0) is 99.6. The number of thiophene rings is 7. The number of aromatic nitrogens is 1. The topological polar surface area (TPSA) is 326 Å². The molecule has 23 nitrogen and oxygen atoms in total. The highest BCUT2D eigenvalue weighted by Gasteiger charge is 2.34.